The van der Waals surface area contributed by atoms with Gasteiger partial charge in [-0.1, -0.05) is 18.2 Å². The zero-order chi connectivity index (χ0) is 18.0. The summed E-state index contributed by atoms with van der Waals surface area (Å²) < 4.78 is 4.63. The van der Waals surface area contributed by atoms with Gasteiger partial charge < -0.3 is 9.84 Å². The number of phenols is 1. The lowest BCUT2D eigenvalue weighted by Gasteiger charge is -2.12. The van der Waals surface area contributed by atoms with Gasteiger partial charge in [0.25, 0.3) is 11.1 Å². The number of benzene rings is 2. The normalized spacial score (nSPS) is 15.7. The fourth-order valence-corrected chi connectivity index (χ4v) is 3.15. The summed E-state index contributed by atoms with van der Waals surface area (Å²) in [6.07, 6.45) is 1.58. The van der Waals surface area contributed by atoms with E-state index < -0.39 is 17.1 Å². The van der Waals surface area contributed by atoms with Crippen molar-refractivity contribution in [1.29, 1.82) is 0 Å². The number of anilines is 1. The molecule has 1 aliphatic heterocycles. The van der Waals surface area contributed by atoms with E-state index in [0.717, 1.165) is 16.7 Å². The Morgan fingerprint density at radius 3 is 2.52 bits per heavy atom. The number of methoxy groups -OCH3 is 1. The average Bonchev–Trinajstić information content (AvgIpc) is 2.88. The number of thioether (sulfide) groups is 1. The molecule has 1 fully saturated rings. The first-order valence-electron chi connectivity index (χ1n) is 7.25. The van der Waals surface area contributed by atoms with E-state index in [9.17, 15) is 19.5 Å². The standard InChI is InChI=1S/C18H13NO5S/c1-24-17(22)12-7-5-11(6-8-12)9-15-16(21)19(18(23)25-15)13-3-2-4-14(20)10-13/h2-10,20H,1H3/b15-9-. The molecule has 0 spiro atoms. The van der Waals surface area contributed by atoms with Crippen molar-refractivity contribution >= 4 is 40.6 Å². The number of ether oxygens (including phenoxy) is 1. The topological polar surface area (TPSA) is 83.9 Å². The molecule has 3 rings (SSSR count). The van der Waals surface area contributed by atoms with Gasteiger partial charge in [-0.15, -0.1) is 0 Å². The molecule has 0 unspecified atom stereocenters. The van der Waals surface area contributed by atoms with Crippen molar-refractivity contribution in [2.24, 2.45) is 0 Å². The molecule has 6 nitrogen and oxygen atoms in total. The number of esters is 1. The van der Waals surface area contributed by atoms with Gasteiger partial charge in [-0.2, -0.15) is 0 Å². The molecule has 126 valence electrons. The van der Waals surface area contributed by atoms with Crippen LogP contribution in [0.2, 0.25) is 0 Å². The second kappa shape index (κ2) is 6.82. The highest BCUT2D eigenvalue weighted by molar-refractivity contribution is 8.19. The molecule has 1 N–H and O–H groups in total. The molecule has 2 amide bonds. The number of hydrogen-bond acceptors (Lipinski definition) is 6. The molecule has 0 aliphatic carbocycles. The van der Waals surface area contributed by atoms with Crippen molar-refractivity contribution in [2.45, 2.75) is 0 Å². The maximum absolute atomic E-state index is 12.5. The van der Waals surface area contributed by atoms with E-state index in [1.165, 1.54) is 19.2 Å². The number of rotatable bonds is 3. The van der Waals surface area contributed by atoms with Crippen LogP contribution in [0.5, 0.6) is 5.75 Å². The van der Waals surface area contributed by atoms with Crippen molar-refractivity contribution in [3.63, 3.8) is 0 Å². The summed E-state index contributed by atoms with van der Waals surface area (Å²) in [6, 6.07) is 12.4. The van der Waals surface area contributed by atoms with Crippen LogP contribution in [-0.2, 0) is 9.53 Å². The van der Waals surface area contributed by atoms with E-state index in [1.54, 1.807) is 42.5 Å². The van der Waals surface area contributed by atoms with Crippen LogP contribution >= 0.6 is 11.8 Å². The number of phenolic OH excluding ortho intramolecular Hbond substituents is 1. The molecule has 7 heteroatoms. The van der Waals surface area contributed by atoms with Crippen LogP contribution in [0, 0.1) is 0 Å². The highest BCUT2D eigenvalue weighted by atomic mass is 32.2. The summed E-state index contributed by atoms with van der Waals surface area (Å²) in [5.41, 5.74) is 1.38. The smallest absolute Gasteiger partial charge is 0.337 e. The lowest BCUT2D eigenvalue weighted by molar-refractivity contribution is -0.113. The van der Waals surface area contributed by atoms with Gasteiger partial charge in [0.2, 0.25) is 0 Å². The lowest BCUT2D eigenvalue weighted by Crippen LogP contribution is -2.27. The molecular formula is C18H13NO5S. The van der Waals surface area contributed by atoms with Crippen molar-refractivity contribution in [3.8, 4) is 5.75 Å². The predicted molar refractivity (Wildman–Crippen MR) is 94.3 cm³/mol. The van der Waals surface area contributed by atoms with Crippen molar-refractivity contribution in [3.05, 3.63) is 64.6 Å². The molecule has 0 saturated carbocycles. The van der Waals surface area contributed by atoms with Gasteiger partial charge in [0.05, 0.1) is 23.3 Å². The second-order valence-corrected chi connectivity index (χ2v) is 6.14. The molecule has 0 bridgehead atoms. The second-order valence-electron chi connectivity index (χ2n) is 5.15. The maximum Gasteiger partial charge on any atom is 0.337 e. The van der Waals surface area contributed by atoms with Gasteiger partial charge in [0.15, 0.2) is 0 Å². The Morgan fingerprint density at radius 2 is 1.88 bits per heavy atom. The van der Waals surface area contributed by atoms with Gasteiger partial charge >= 0.3 is 5.97 Å². The summed E-state index contributed by atoms with van der Waals surface area (Å²) in [5, 5.41) is 9.09. The number of carbonyl (C=O) groups is 3. The molecule has 1 saturated heterocycles. The van der Waals surface area contributed by atoms with Gasteiger partial charge in [0, 0.05) is 6.07 Å². The average molecular weight is 355 g/mol. The number of aromatic hydroxyl groups is 1. The minimum Gasteiger partial charge on any atom is -0.508 e. The quantitative estimate of drug-likeness (QED) is 0.671. The van der Waals surface area contributed by atoms with Crippen molar-refractivity contribution in [1.82, 2.24) is 0 Å². The fraction of sp³-hybridized carbons (Fsp3) is 0.0556. The first-order valence-corrected chi connectivity index (χ1v) is 8.06. The van der Waals surface area contributed by atoms with Crippen LogP contribution in [0.4, 0.5) is 10.5 Å². The van der Waals surface area contributed by atoms with Crippen molar-refractivity contribution < 1.29 is 24.2 Å². The van der Waals surface area contributed by atoms with Gasteiger partial charge in [-0.05, 0) is 47.7 Å². The van der Waals surface area contributed by atoms with Crippen LogP contribution in [0.25, 0.3) is 6.08 Å². The largest absolute Gasteiger partial charge is 0.508 e. The Bertz CT molecular complexity index is 889. The maximum atomic E-state index is 12.5. The first-order chi connectivity index (χ1) is 12.0. The molecule has 0 radical (unpaired) electrons. The molecule has 1 heterocycles. The third-order valence-corrected chi connectivity index (χ3v) is 4.38. The van der Waals surface area contributed by atoms with E-state index in [0.29, 0.717) is 16.8 Å². The summed E-state index contributed by atoms with van der Waals surface area (Å²) in [4.78, 5) is 37.4. The van der Waals surface area contributed by atoms with Crippen LogP contribution in [0.3, 0.4) is 0 Å². The van der Waals surface area contributed by atoms with E-state index in [2.05, 4.69) is 4.74 Å². The molecule has 2 aromatic carbocycles. The summed E-state index contributed by atoms with van der Waals surface area (Å²) in [7, 11) is 1.30. The highest BCUT2D eigenvalue weighted by Crippen LogP contribution is 2.36. The molecule has 1 aliphatic rings. The number of imide groups is 1. The minimum atomic E-state index is -0.461. The Hall–Kier alpha value is -3.06. The zero-order valence-corrected chi connectivity index (χ0v) is 13.9. The fourth-order valence-electron chi connectivity index (χ4n) is 2.31. The Balaban J connectivity index is 1.86. The molecule has 0 aromatic heterocycles. The number of nitrogens with zero attached hydrogens (tertiary/aromatic N) is 1. The number of amides is 2. The first kappa shape index (κ1) is 16.8. The van der Waals surface area contributed by atoms with Gasteiger partial charge in [-0.3, -0.25) is 9.59 Å². The van der Waals surface area contributed by atoms with E-state index >= 15 is 0 Å². The van der Waals surface area contributed by atoms with Crippen molar-refractivity contribution in [2.75, 3.05) is 12.0 Å². The molecule has 0 atom stereocenters. The monoisotopic (exact) mass is 355 g/mol. The Morgan fingerprint density at radius 1 is 1.16 bits per heavy atom. The molecular weight excluding hydrogens is 342 g/mol. The van der Waals surface area contributed by atoms with Gasteiger partial charge in [0.1, 0.15) is 5.75 Å². The Labute approximate surface area is 147 Å². The van der Waals surface area contributed by atoms with E-state index in [1.807, 2.05) is 0 Å². The minimum absolute atomic E-state index is 0.0288. The summed E-state index contributed by atoms with van der Waals surface area (Å²) in [5.74, 6) is -0.938. The van der Waals surface area contributed by atoms with Crippen LogP contribution < -0.4 is 4.90 Å². The number of hydrogen-bond donors (Lipinski definition) is 1. The number of carbonyl (C=O) groups excluding carboxylic acids is 3. The van der Waals surface area contributed by atoms with Gasteiger partial charge in [-0.25, -0.2) is 9.69 Å². The molecule has 25 heavy (non-hydrogen) atoms. The zero-order valence-electron chi connectivity index (χ0n) is 13.1. The highest BCUT2D eigenvalue weighted by Gasteiger charge is 2.36. The SMILES string of the molecule is COC(=O)c1ccc(/C=C2\SC(=O)N(c3cccc(O)c3)C2=O)cc1. The van der Waals surface area contributed by atoms with Crippen LogP contribution in [0.15, 0.2) is 53.4 Å². The van der Waals surface area contributed by atoms with Crippen LogP contribution in [0.1, 0.15) is 15.9 Å². The van der Waals surface area contributed by atoms with Crippen LogP contribution in [-0.4, -0.2) is 29.3 Å². The third kappa shape index (κ3) is 3.41. The summed E-state index contributed by atoms with van der Waals surface area (Å²) in [6.45, 7) is 0. The van der Waals surface area contributed by atoms with E-state index in [4.69, 9.17) is 0 Å². The molecule has 2 aromatic rings. The van der Waals surface area contributed by atoms with E-state index in [-0.39, 0.29) is 10.7 Å². The third-order valence-electron chi connectivity index (χ3n) is 3.51. The Kier molecular flexibility index (Phi) is 4.58. The predicted octanol–water partition coefficient (Wildman–Crippen LogP) is 3.42. The summed E-state index contributed by atoms with van der Waals surface area (Å²) >= 11 is 0.818. The lowest BCUT2D eigenvalue weighted by atomic mass is 10.1.